The topological polar surface area (TPSA) is 95.1 Å². The van der Waals surface area contributed by atoms with Crippen molar-refractivity contribution in [2.75, 3.05) is 26.6 Å². The van der Waals surface area contributed by atoms with Crippen LogP contribution in [0.4, 0.5) is 10.5 Å². The van der Waals surface area contributed by atoms with Gasteiger partial charge in [-0.2, -0.15) is 0 Å². The number of ether oxygens (including phenoxy) is 4. The number of carbonyl (C=O) groups excluding carboxylic acids is 2. The standard InChI is InChI=1S/C28H32N2O6S/c1-5-22(19-10-12-20(13-11-19)27(31)29-23-8-6-7-9-26(23)37)30-28(32)36-16-18-14-24(34-3)21(17-33-2)25(15-18)35-4/h6-15,22,37H,5,16-17H2,1-4H3,(H,29,31)(H,30,32)/t22-/m0/s1. The zero-order chi connectivity index (χ0) is 26.8. The number of rotatable bonds is 11. The number of para-hydroxylation sites is 1. The summed E-state index contributed by atoms with van der Waals surface area (Å²) in [5, 5.41) is 5.73. The number of anilines is 1. The maximum atomic E-state index is 12.6. The van der Waals surface area contributed by atoms with Gasteiger partial charge in [0.25, 0.3) is 5.91 Å². The Morgan fingerprint density at radius 1 is 0.919 bits per heavy atom. The molecule has 2 N–H and O–H groups in total. The van der Waals surface area contributed by atoms with Gasteiger partial charge in [0, 0.05) is 17.6 Å². The highest BCUT2D eigenvalue weighted by Gasteiger charge is 2.17. The Balaban J connectivity index is 1.61. The molecule has 0 heterocycles. The minimum absolute atomic E-state index is 0.0357. The number of hydrogen-bond donors (Lipinski definition) is 3. The molecule has 0 aliphatic heterocycles. The smallest absolute Gasteiger partial charge is 0.407 e. The first kappa shape index (κ1) is 27.9. The molecule has 0 fully saturated rings. The molecular formula is C28H32N2O6S. The molecule has 0 aliphatic rings. The summed E-state index contributed by atoms with van der Waals surface area (Å²) in [6, 6.07) is 17.7. The second-order valence-corrected chi connectivity index (χ2v) is 8.67. The first-order valence-electron chi connectivity index (χ1n) is 11.7. The van der Waals surface area contributed by atoms with Crippen LogP contribution in [0.3, 0.4) is 0 Å². The molecule has 3 aromatic carbocycles. The number of hydrogen-bond acceptors (Lipinski definition) is 7. The van der Waals surface area contributed by atoms with E-state index in [9.17, 15) is 9.59 Å². The highest BCUT2D eigenvalue weighted by atomic mass is 32.1. The van der Waals surface area contributed by atoms with Crippen LogP contribution in [0.25, 0.3) is 0 Å². The van der Waals surface area contributed by atoms with Crippen LogP contribution in [-0.4, -0.2) is 33.3 Å². The van der Waals surface area contributed by atoms with E-state index in [2.05, 4.69) is 23.3 Å². The van der Waals surface area contributed by atoms with Gasteiger partial charge in [-0.3, -0.25) is 4.79 Å². The van der Waals surface area contributed by atoms with Gasteiger partial charge in [-0.1, -0.05) is 31.2 Å². The van der Waals surface area contributed by atoms with E-state index in [1.54, 1.807) is 51.7 Å². The van der Waals surface area contributed by atoms with Crippen LogP contribution < -0.4 is 20.1 Å². The van der Waals surface area contributed by atoms with Crippen LogP contribution >= 0.6 is 12.6 Å². The fraction of sp³-hybridized carbons (Fsp3) is 0.286. The maximum absolute atomic E-state index is 12.6. The summed E-state index contributed by atoms with van der Waals surface area (Å²) in [5.74, 6) is 0.943. The summed E-state index contributed by atoms with van der Waals surface area (Å²) >= 11 is 4.36. The average Bonchev–Trinajstić information content (AvgIpc) is 2.92. The lowest BCUT2D eigenvalue weighted by Crippen LogP contribution is -2.28. The quantitative estimate of drug-likeness (QED) is 0.276. The Kier molecular flexibility index (Phi) is 10.2. The highest BCUT2D eigenvalue weighted by Crippen LogP contribution is 2.31. The first-order chi connectivity index (χ1) is 17.9. The maximum Gasteiger partial charge on any atom is 0.407 e. The monoisotopic (exact) mass is 524 g/mol. The Bertz CT molecular complexity index is 1190. The molecule has 0 radical (unpaired) electrons. The lowest BCUT2D eigenvalue weighted by molar-refractivity contribution is 0.102. The van der Waals surface area contributed by atoms with Crippen molar-refractivity contribution < 1.29 is 28.5 Å². The van der Waals surface area contributed by atoms with Crippen molar-refractivity contribution in [3.63, 3.8) is 0 Å². The van der Waals surface area contributed by atoms with Gasteiger partial charge in [-0.15, -0.1) is 12.6 Å². The van der Waals surface area contributed by atoms with E-state index < -0.39 is 6.09 Å². The van der Waals surface area contributed by atoms with Crippen LogP contribution in [0.1, 0.15) is 46.4 Å². The highest BCUT2D eigenvalue weighted by molar-refractivity contribution is 7.80. The molecule has 0 saturated heterocycles. The summed E-state index contributed by atoms with van der Waals surface area (Å²) in [5.41, 5.74) is 3.49. The largest absolute Gasteiger partial charge is 0.496 e. The zero-order valence-corrected chi connectivity index (χ0v) is 22.3. The van der Waals surface area contributed by atoms with Gasteiger partial charge in [-0.05, 0) is 53.9 Å². The molecule has 196 valence electrons. The normalized spacial score (nSPS) is 11.4. The number of methoxy groups -OCH3 is 3. The third-order valence-corrected chi connectivity index (χ3v) is 6.14. The predicted octanol–water partition coefficient (Wildman–Crippen LogP) is 5.77. The van der Waals surface area contributed by atoms with E-state index in [4.69, 9.17) is 18.9 Å². The van der Waals surface area contributed by atoms with E-state index in [0.717, 1.165) is 16.7 Å². The molecular weight excluding hydrogens is 492 g/mol. The minimum Gasteiger partial charge on any atom is -0.496 e. The summed E-state index contributed by atoms with van der Waals surface area (Å²) in [7, 11) is 4.71. The molecule has 0 bridgehead atoms. The van der Waals surface area contributed by atoms with Crippen molar-refractivity contribution in [1.29, 1.82) is 0 Å². The fourth-order valence-corrected chi connectivity index (χ4v) is 4.02. The molecule has 9 heteroatoms. The molecule has 0 spiro atoms. The van der Waals surface area contributed by atoms with E-state index in [1.807, 2.05) is 37.3 Å². The number of nitrogens with one attached hydrogen (secondary N) is 2. The predicted molar refractivity (Wildman–Crippen MR) is 145 cm³/mol. The van der Waals surface area contributed by atoms with Crippen LogP contribution in [0.2, 0.25) is 0 Å². The number of thiol groups is 1. The van der Waals surface area contributed by atoms with E-state index >= 15 is 0 Å². The summed E-state index contributed by atoms with van der Waals surface area (Å²) in [6.07, 6.45) is 0.0825. The fourth-order valence-electron chi connectivity index (χ4n) is 3.80. The van der Waals surface area contributed by atoms with Crippen molar-refractivity contribution in [1.82, 2.24) is 5.32 Å². The third kappa shape index (κ3) is 7.41. The van der Waals surface area contributed by atoms with Crippen LogP contribution in [-0.2, 0) is 22.7 Å². The van der Waals surface area contributed by atoms with Gasteiger partial charge in [0.1, 0.15) is 18.1 Å². The molecule has 0 aromatic heterocycles. The van der Waals surface area contributed by atoms with Crippen molar-refractivity contribution >= 4 is 30.3 Å². The van der Waals surface area contributed by atoms with Gasteiger partial charge >= 0.3 is 6.09 Å². The van der Waals surface area contributed by atoms with Crippen molar-refractivity contribution in [2.45, 2.75) is 37.5 Å². The molecule has 0 unspecified atom stereocenters. The van der Waals surface area contributed by atoms with Crippen LogP contribution in [0.15, 0.2) is 65.6 Å². The van der Waals surface area contributed by atoms with Crippen molar-refractivity contribution in [3.8, 4) is 11.5 Å². The Morgan fingerprint density at radius 2 is 1.57 bits per heavy atom. The molecule has 2 amide bonds. The molecule has 3 aromatic rings. The van der Waals surface area contributed by atoms with E-state index in [-0.39, 0.29) is 18.6 Å². The lowest BCUT2D eigenvalue weighted by Gasteiger charge is -2.18. The second-order valence-electron chi connectivity index (χ2n) is 8.19. The molecule has 1 atom stereocenters. The number of amides is 2. The molecule has 0 saturated carbocycles. The number of carbonyl (C=O) groups is 2. The zero-order valence-electron chi connectivity index (χ0n) is 21.4. The van der Waals surface area contributed by atoms with E-state index in [1.165, 1.54) is 0 Å². The van der Waals surface area contributed by atoms with Crippen LogP contribution in [0, 0.1) is 0 Å². The second kappa shape index (κ2) is 13.6. The molecule has 3 rings (SSSR count). The van der Waals surface area contributed by atoms with E-state index in [0.29, 0.717) is 40.7 Å². The Morgan fingerprint density at radius 3 is 2.14 bits per heavy atom. The molecule has 0 aliphatic carbocycles. The first-order valence-corrected chi connectivity index (χ1v) is 12.2. The summed E-state index contributed by atoms with van der Waals surface area (Å²) in [6.45, 7) is 2.32. The number of benzene rings is 3. The SMILES string of the molecule is CC[C@H](NC(=O)OCc1cc(OC)c(COC)c(OC)c1)c1ccc(C(=O)Nc2ccccc2S)cc1. The van der Waals surface area contributed by atoms with Crippen molar-refractivity contribution in [2.24, 2.45) is 0 Å². The number of alkyl carbamates (subject to hydrolysis) is 1. The van der Waals surface area contributed by atoms with Crippen LogP contribution in [0.5, 0.6) is 11.5 Å². The third-order valence-electron chi connectivity index (χ3n) is 5.75. The minimum atomic E-state index is -0.557. The lowest BCUT2D eigenvalue weighted by atomic mass is 10.0. The molecule has 8 nitrogen and oxygen atoms in total. The average molecular weight is 525 g/mol. The van der Waals surface area contributed by atoms with Gasteiger partial charge in [0.2, 0.25) is 0 Å². The summed E-state index contributed by atoms with van der Waals surface area (Å²) in [4.78, 5) is 25.8. The van der Waals surface area contributed by atoms with Gasteiger partial charge < -0.3 is 29.6 Å². The van der Waals surface area contributed by atoms with Gasteiger partial charge in [-0.25, -0.2) is 4.79 Å². The Hall–Kier alpha value is -3.69. The summed E-state index contributed by atoms with van der Waals surface area (Å²) < 4.78 is 21.6. The molecule has 37 heavy (non-hydrogen) atoms. The Labute approximate surface area is 222 Å². The van der Waals surface area contributed by atoms with Crippen molar-refractivity contribution in [3.05, 3.63) is 82.9 Å². The van der Waals surface area contributed by atoms with Gasteiger partial charge in [0.15, 0.2) is 0 Å². The van der Waals surface area contributed by atoms with Gasteiger partial charge in [0.05, 0.1) is 38.1 Å².